The summed E-state index contributed by atoms with van der Waals surface area (Å²) in [6.45, 7) is 2.50. The van der Waals surface area contributed by atoms with E-state index < -0.39 is 0 Å². The number of H-pyrrole nitrogens is 1. The zero-order chi connectivity index (χ0) is 24.7. The van der Waals surface area contributed by atoms with Gasteiger partial charge in [-0.1, -0.05) is 12.1 Å². The van der Waals surface area contributed by atoms with E-state index in [0.29, 0.717) is 24.5 Å². The van der Waals surface area contributed by atoms with E-state index in [1.54, 1.807) is 18.5 Å². The van der Waals surface area contributed by atoms with Gasteiger partial charge in [-0.2, -0.15) is 5.06 Å². The molecule has 2 aromatic heterocycles. The van der Waals surface area contributed by atoms with Gasteiger partial charge in [0.2, 0.25) is 0 Å². The van der Waals surface area contributed by atoms with Crippen molar-refractivity contribution in [1.82, 2.24) is 20.0 Å². The zero-order valence-corrected chi connectivity index (χ0v) is 21.2. The minimum absolute atomic E-state index is 0.167. The Labute approximate surface area is 212 Å². The normalized spacial score (nSPS) is 23.2. The third kappa shape index (κ3) is 6.41. The second kappa shape index (κ2) is 12.1. The lowest BCUT2D eigenvalue weighted by Gasteiger charge is -2.35. The number of hydroxylamine groups is 2. The first-order valence-electron chi connectivity index (χ1n) is 13.5. The van der Waals surface area contributed by atoms with Gasteiger partial charge < -0.3 is 9.88 Å². The lowest BCUT2D eigenvalue weighted by Crippen LogP contribution is -2.38. The number of nitrogens with zero attached hydrogens (tertiary/aromatic N) is 4. The van der Waals surface area contributed by atoms with Crippen molar-refractivity contribution in [3.05, 3.63) is 54.2 Å². The molecular weight excluding hydrogens is 457 g/mol. The molecule has 194 valence electrons. The second-order valence-electron chi connectivity index (χ2n) is 10.5. The van der Waals surface area contributed by atoms with Gasteiger partial charge in [0, 0.05) is 32.4 Å². The maximum atomic E-state index is 13.1. The molecule has 8 heteroatoms. The highest BCUT2D eigenvalue weighted by atomic mass is 19.1. The standard InChI is InChI=1S/C28H38FN5O2/c1-33(28-26-15-16-30-27(26)31-20-32-28)25-13-9-23(10-14-25)19-35-36-34-17-3-6-22(18-34)5-2-4-21-7-11-24(29)12-8-21/h7-8,11-12,15-16,20,22-23,25H,2-6,9-10,13-14,17-19H2,1H3,(H,30,31,32). The fraction of sp³-hybridized carbons (Fsp3) is 0.571. The lowest BCUT2D eigenvalue weighted by molar-refractivity contribution is -0.435. The molecule has 1 aliphatic carbocycles. The van der Waals surface area contributed by atoms with Crippen LogP contribution in [0.15, 0.2) is 42.9 Å². The summed E-state index contributed by atoms with van der Waals surface area (Å²) < 4.78 is 13.1. The molecule has 1 aliphatic heterocycles. The van der Waals surface area contributed by atoms with Crippen LogP contribution in [0.3, 0.4) is 0 Å². The molecule has 0 spiro atoms. The van der Waals surface area contributed by atoms with Gasteiger partial charge in [0.25, 0.3) is 0 Å². The van der Waals surface area contributed by atoms with Crippen molar-refractivity contribution in [1.29, 1.82) is 0 Å². The van der Waals surface area contributed by atoms with Crippen LogP contribution >= 0.6 is 0 Å². The maximum absolute atomic E-state index is 13.1. The topological polar surface area (TPSA) is 66.5 Å². The molecule has 1 unspecified atom stereocenters. The van der Waals surface area contributed by atoms with Crippen LogP contribution in [-0.2, 0) is 16.3 Å². The smallest absolute Gasteiger partial charge is 0.142 e. The van der Waals surface area contributed by atoms with Gasteiger partial charge in [-0.15, -0.1) is 4.99 Å². The molecule has 1 saturated carbocycles. The van der Waals surface area contributed by atoms with E-state index in [-0.39, 0.29) is 5.82 Å². The third-order valence-electron chi connectivity index (χ3n) is 7.97. The second-order valence-corrected chi connectivity index (χ2v) is 10.5. The molecule has 1 N–H and O–H groups in total. The quantitative estimate of drug-likeness (QED) is 0.288. The summed E-state index contributed by atoms with van der Waals surface area (Å²) in [4.78, 5) is 25.8. The molecule has 1 aromatic carbocycles. The predicted molar refractivity (Wildman–Crippen MR) is 139 cm³/mol. The lowest BCUT2D eigenvalue weighted by atomic mass is 9.86. The molecule has 2 aliphatic rings. The van der Waals surface area contributed by atoms with Gasteiger partial charge in [0.15, 0.2) is 0 Å². The summed E-state index contributed by atoms with van der Waals surface area (Å²) in [6, 6.07) is 9.41. The van der Waals surface area contributed by atoms with Crippen molar-refractivity contribution in [2.24, 2.45) is 11.8 Å². The van der Waals surface area contributed by atoms with Crippen LogP contribution in [0.1, 0.15) is 56.9 Å². The van der Waals surface area contributed by atoms with Crippen LogP contribution < -0.4 is 4.90 Å². The Kier molecular flexibility index (Phi) is 8.46. The van der Waals surface area contributed by atoms with E-state index in [1.807, 2.05) is 23.4 Å². The van der Waals surface area contributed by atoms with Gasteiger partial charge in [0.1, 0.15) is 23.6 Å². The fourth-order valence-corrected chi connectivity index (χ4v) is 5.79. The van der Waals surface area contributed by atoms with Crippen molar-refractivity contribution < 1.29 is 14.3 Å². The van der Waals surface area contributed by atoms with E-state index in [2.05, 4.69) is 33.0 Å². The fourth-order valence-electron chi connectivity index (χ4n) is 5.79. The van der Waals surface area contributed by atoms with E-state index in [4.69, 9.17) is 9.88 Å². The summed E-state index contributed by atoms with van der Waals surface area (Å²) in [6.07, 6.45) is 13.7. The first-order valence-corrected chi connectivity index (χ1v) is 13.5. The number of rotatable bonds is 10. The van der Waals surface area contributed by atoms with Crippen LogP contribution in [0.2, 0.25) is 0 Å². The largest absolute Gasteiger partial charge is 0.356 e. The Morgan fingerprint density at radius 2 is 1.89 bits per heavy atom. The number of nitrogens with one attached hydrogen (secondary N) is 1. The molecule has 5 rings (SSSR count). The summed E-state index contributed by atoms with van der Waals surface area (Å²) in [7, 11) is 2.14. The molecule has 3 aromatic rings. The number of benzene rings is 1. The first-order chi connectivity index (χ1) is 17.7. The third-order valence-corrected chi connectivity index (χ3v) is 7.97. The van der Waals surface area contributed by atoms with Crippen molar-refractivity contribution in [3.63, 3.8) is 0 Å². The van der Waals surface area contributed by atoms with Gasteiger partial charge >= 0.3 is 0 Å². The van der Waals surface area contributed by atoms with Crippen molar-refractivity contribution in [2.75, 3.05) is 31.6 Å². The molecule has 0 bridgehead atoms. The number of hydrogen-bond donors (Lipinski definition) is 1. The number of aromatic nitrogens is 3. The van der Waals surface area contributed by atoms with Crippen LogP contribution in [0, 0.1) is 17.7 Å². The molecular formula is C28H38FN5O2. The Hall–Kier alpha value is -2.55. The highest BCUT2D eigenvalue weighted by molar-refractivity contribution is 5.87. The molecule has 3 heterocycles. The van der Waals surface area contributed by atoms with Gasteiger partial charge in [-0.25, -0.2) is 19.2 Å². The summed E-state index contributed by atoms with van der Waals surface area (Å²) >= 11 is 0. The zero-order valence-electron chi connectivity index (χ0n) is 21.2. The molecule has 0 radical (unpaired) electrons. The van der Waals surface area contributed by atoms with Crippen LogP contribution in [0.4, 0.5) is 10.2 Å². The van der Waals surface area contributed by atoms with Crippen molar-refractivity contribution >= 4 is 16.9 Å². The number of hydrogen-bond acceptors (Lipinski definition) is 6. The number of aromatic amines is 1. The molecule has 1 saturated heterocycles. The SMILES string of the molecule is CN(c1ncnc2[nH]ccc12)C1CCC(COON2CCCC(CCCc3ccc(F)cc3)C2)CC1. The molecule has 2 fully saturated rings. The first kappa shape index (κ1) is 25.1. The molecule has 7 nitrogen and oxygen atoms in total. The number of piperidine rings is 1. The van der Waals surface area contributed by atoms with Crippen LogP contribution in [-0.4, -0.2) is 52.8 Å². The van der Waals surface area contributed by atoms with E-state index in [1.165, 1.54) is 12.0 Å². The Bertz CT molecular complexity index is 1080. The van der Waals surface area contributed by atoms with Crippen molar-refractivity contribution in [3.8, 4) is 0 Å². The molecule has 0 amide bonds. The summed E-state index contributed by atoms with van der Waals surface area (Å²) in [5, 5.41) is 3.08. The Morgan fingerprint density at radius 1 is 1.06 bits per heavy atom. The van der Waals surface area contributed by atoms with Gasteiger partial charge in [-0.3, -0.25) is 0 Å². The van der Waals surface area contributed by atoms with E-state index in [9.17, 15) is 4.39 Å². The average molecular weight is 496 g/mol. The number of halogens is 1. The average Bonchev–Trinajstić information content (AvgIpc) is 3.39. The van der Waals surface area contributed by atoms with Crippen LogP contribution in [0.5, 0.6) is 0 Å². The minimum atomic E-state index is -0.167. The minimum Gasteiger partial charge on any atom is -0.356 e. The number of aryl methyl sites for hydroxylation is 1. The van der Waals surface area contributed by atoms with Crippen molar-refractivity contribution in [2.45, 2.75) is 63.8 Å². The Morgan fingerprint density at radius 3 is 2.72 bits per heavy atom. The molecule has 36 heavy (non-hydrogen) atoms. The summed E-state index contributed by atoms with van der Waals surface area (Å²) in [5.41, 5.74) is 2.10. The number of anilines is 1. The highest BCUT2D eigenvalue weighted by Gasteiger charge is 2.27. The van der Waals surface area contributed by atoms with Gasteiger partial charge in [-0.05, 0) is 93.4 Å². The highest BCUT2D eigenvalue weighted by Crippen LogP contribution is 2.32. The predicted octanol–water partition coefficient (Wildman–Crippen LogP) is 5.69. The van der Waals surface area contributed by atoms with E-state index in [0.717, 1.165) is 81.3 Å². The maximum Gasteiger partial charge on any atom is 0.142 e. The number of fused-ring (bicyclic) bond motifs is 1. The summed E-state index contributed by atoms with van der Waals surface area (Å²) in [5.74, 6) is 1.99. The van der Waals surface area contributed by atoms with Crippen LogP contribution in [0.25, 0.3) is 11.0 Å². The monoisotopic (exact) mass is 495 g/mol. The van der Waals surface area contributed by atoms with E-state index >= 15 is 0 Å². The Balaban J connectivity index is 0.989. The molecule has 1 atom stereocenters. The van der Waals surface area contributed by atoms with Gasteiger partial charge in [0.05, 0.1) is 12.0 Å².